The molecule has 0 heterocycles. The van der Waals surface area contributed by atoms with E-state index in [1.807, 2.05) is 19.2 Å². The van der Waals surface area contributed by atoms with E-state index in [-0.39, 0.29) is 64.2 Å². The summed E-state index contributed by atoms with van der Waals surface area (Å²) < 4.78 is 116. The van der Waals surface area contributed by atoms with Crippen LogP contribution in [-0.4, -0.2) is 62.3 Å². The molecular weight excluding hydrogens is 667 g/mol. The van der Waals surface area contributed by atoms with Gasteiger partial charge in [0, 0.05) is 11.3 Å². The van der Waals surface area contributed by atoms with Gasteiger partial charge < -0.3 is 27.9 Å². The summed E-state index contributed by atoms with van der Waals surface area (Å²) in [6.45, 7) is 5.49. The maximum Gasteiger partial charge on any atom is 0.471 e. The van der Waals surface area contributed by atoms with Crippen molar-refractivity contribution in [3.63, 3.8) is 0 Å². The third kappa shape index (κ3) is 9.78. The highest BCUT2D eigenvalue weighted by atomic mass is 32.2. The van der Waals surface area contributed by atoms with E-state index in [1.165, 1.54) is 56.7 Å². The number of halogens is 3. The maximum atomic E-state index is 12.9. The van der Waals surface area contributed by atoms with E-state index in [0.29, 0.717) is 11.1 Å². The number of benzene rings is 3. The molecule has 0 bridgehead atoms. The summed E-state index contributed by atoms with van der Waals surface area (Å²) in [4.78, 5) is 11.6. The van der Waals surface area contributed by atoms with Gasteiger partial charge in [0.15, 0.2) is 23.0 Å². The second-order valence-electron chi connectivity index (χ2n) is 10.4. The zero-order valence-electron chi connectivity index (χ0n) is 26.6. The normalized spacial score (nSPS) is 11.8. The number of ether oxygens (including phenoxy) is 3. The minimum absolute atomic E-state index is 0.0394. The van der Waals surface area contributed by atoms with Gasteiger partial charge in [-0.1, -0.05) is 24.6 Å². The van der Waals surface area contributed by atoms with E-state index in [1.54, 1.807) is 13.0 Å². The Morgan fingerprint density at radius 2 is 1.47 bits per heavy atom. The number of rotatable bonds is 13. The van der Waals surface area contributed by atoms with Gasteiger partial charge in [-0.3, -0.25) is 4.79 Å². The van der Waals surface area contributed by atoms with Gasteiger partial charge in [0.25, 0.3) is 0 Å². The first-order chi connectivity index (χ1) is 21.8. The number of amides is 1. The molecule has 0 saturated heterocycles. The minimum Gasteiger partial charge on any atom is -0.496 e. The number of methoxy groups -OCH3 is 2. The Kier molecular flexibility index (Phi) is 11.5. The van der Waals surface area contributed by atoms with Crippen molar-refractivity contribution in [3.05, 3.63) is 59.7 Å². The SMILES string of the molecule is CCc1cc(-c2cc(OC)c(-c3ccc(OCC=C(C)C)c(OS(C)(=O)=O)c3)c(OS(C)(=O)=O)c2OC)ccc1NC(=O)C(F)(F)F. The van der Waals surface area contributed by atoms with Gasteiger partial charge in [-0.2, -0.15) is 30.0 Å². The number of hydrogen-bond acceptors (Lipinski definition) is 10. The molecule has 256 valence electrons. The van der Waals surface area contributed by atoms with Crippen molar-refractivity contribution in [2.75, 3.05) is 38.7 Å². The lowest BCUT2D eigenvalue weighted by Gasteiger charge is -2.22. The summed E-state index contributed by atoms with van der Waals surface area (Å²) in [5.74, 6) is -2.65. The van der Waals surface area contributed by atoms with Gasteiger partial charge in [-0.25, -0.2) is 0 Å². The number of hydrogen-bond donors (Lipinski definition) is 1. The van der Waals surface area contributed by atoms with Crippen molar-refractivity contribution in [3.8, 4) is 51.0 Å². The van der Waals surface area contributed by atoms with Crippen LogP contribution in [0, 0.1) is 0 Å². The third-order valence-electron chi connectivity index (χ3n) is 6.37. The summed E-state index contributed by atoms with van der Waals surface area (Å²) >= 11 is 0. The molecule has 16 heteroatoms. The lowest BCUT2D eigenvalue weighted by atomic mass is 9.94. The quantitative estimate of drug-likeness (QED) is 0.164. The lowest BCUT2D eigenvalue weighted by molar-refractivity contribution is -0.167. The highest BCUT2D eigenvalue weighted by molar-refractivity contribution is 7.86. The van der Waals surface area contributed by atoms with Crippen LogP contribution in [0.2, 0.25) is 0 Å². The molecule has 0 unspecified atom stereocenters. The monoisotopic (exact) mass is 701 g/mol. The van der Waals surface area contributed by atoms with Crippen LogP contribution in [0.5, 0.6) is 28.7 Å². The second kappa shape index (κ2) is 14.5. The zero-order chi connectivity index (χ0) is 35.3. The molecule has 0 spiro atoms. The highest BCUT2D eigenvalue weighted by Crippen LogP contribution is 2.52. The fraction of sp³-hybridized carbons (Fsp3) is 0.323. The molecule has 1 N–H and O–H groups in total. The van der Waals surface area contributed by atoms with Gasteiger partial charge in [0.1, 0.15) is 12.4 Å². The first-order valence-electron chi connectivity index (χ1n) is 13.8. The number of alkyl halides is 3. The number of nitrogens with one attached hydrogen (secondary N) is 1. The fourth-order valence-electron chi connectivity index (χ4n) is 4.38. The van der Waals surface area contributed by atoms with Crippen LogP contribution >= 0.6 is 0 Å². The molecule has 0 aromatic heterocycles. The maximum absolute atomic E-state index is 12.9. The number of carbonyl (C=O) groups is 1. The Labute approximate surface area is 271 Å². The van der Waals surface area contributed by atoms with Crippen molar-refractivity contribution in [1.29, 1.82) is 0 Å². The molecule has 0 saturated carbocycles. The van der Waals surface area contributed by atoms with Crippen LogP contribution < -0.4 is 27.9 Å². The Morgan fingerprint density at radius 1 is 0.830 bits per heavy atom. The molecule has 0 aliphatic rings. The fourth-order valence-corrected chi connectivity index (χ4v) is 5.30. The van der Waals surface area contributed by atoms with Crippen LogP contribution in [0.3, 0.4) is 0 Å². The molecule has 47 heavy (non-hydrogen) atoms. The second-order valence-corrected chi connectivity index (χ2v) is 13.5. The van der Waals surface area contributed by atoms with E-state index in [4.69, 9.17) is 22.6 Å². The summed E-state index contributed by atoms with van der Waals surface area (Å²) in [6, 6.07) is 9.91. The summed E-state index contributed by atoms with van der Waals surface area (Å²) in [7, 11) is -5.72. The Balaban J connectivity index is 2.32. The van der Waals surface area contributed by atoms with Crippen LogP contribution in [0.15, 0.2) is 54.1 Å². The highest BCUT2D eigenvalue weighted by Gasteiger charge is 2.39. The minimum atomic E-state index is -5.10. The summed E-state index contributed by atoms with van der Waals surface area (Å²) in [5.41, 5.74) is 2.04. The van der Waals surface area contributed by atoms with E-state index in [0.717, 1.165) is 18.1 Å². The first-order valence-corrected chi connectivity index (χ1v) is 17.4. The molecular formula is C31H34F3NO10S2. The molecule has 0 aliphatic heterocycles. The van der Waals surface area contributed by atoms with Crippen LogP contribution in [-0.2, 0) is 31.5 Å². The summed E-state index contributed by atoms with van der Waals surface area (Å²) in [6.07, 6.45) is -1.46. The Bertz CT molecular complexity index is 1900. The van der Waals surface area contributed by atoms with Crippen LogP contribution in [0.1, 0.15) is 26.3 Å². The van der Waals surface area contributed by atoms with E-state index in [9.17, 15) is 34.8 Å². The van der Waals surface area contributed by atoms with Crippen molar-refractivity contribution in [2.24, 2.45) is 0 Å². The average Bonchev–Trinajstić information content (AvgIpc) is 2.95. The third-order valence-corrected chi connectivity index (χ3v) is 7.32. The van der Waals surface area contributed by atoms with Crippen LogP contribution in [0.25, 0.3) is 22.3 Å². The lowest BCUT2D eigenvalue weighted by Crippen LogP contribution is -2.30. The molecule has 0 aliphatic carbocycles. The van der Waals surface area contributed by atoms with Gasteiger partial charge in [0.05, 0.1) is 32.3 Å². The zero-order valence-corrected chi connectivity index (χ0v) is 28.2. The Morgan fingerprint density at radius 3 is 2.00 bits per heavy atom. The number of aryl methyl sites for hydroxylation is 1. The standard InChI is InChI=1S/C31H34F3NO10S2/c1-8-19-15-20(9-11-23(19)35-30(36)31(32,33)34)22-17-26(41-4)27(29(28(22)42-5)45-47(7,39)40)21-10-12-24(43-14-13-18(2)3)25(16-21)44-46(6,37)38/h9-13,15-17H,8,14H2,1-7H3,(H,35,36). The molecule has 1 amide bonds. The predicted octanol–water partition coefficient (Wildman–Crippen LogP) is 6.12. The molecule has 11 nitrogen and oxygen atoms in total. The largest absolute Gasteiger partial charge is 0.496 e. The van der Waals surface area contributed by atoms with Gasteiger partial charge in [-0.15, -0.1) is 0 Å². The van der Waals surface area contributed by atoms with Crippen molar-refractivity contribution >= 4 is 31.8 Å². The molecule has 0 atom stereocenters. The topological polar surface area (TPSA) is 144 Å². The molecule has 3 aromatic carbocycles. The van der Waals surface area contributed by atoms with Crippen LogP contribution in [0.4, 0.5) is 18.9 Å². The predicted molar refractivity (Wildman–Crippen MR) is 170 cm³/mol. The molecule has 0 fully saturated rings. The molecule has 0 radical (unpaired) electrons. The smallest absolute Gasteiger partial charge is 0.471 e. The van der Waals surface area contributed by atoms with E-state index >= 15 is 0 Å². The number of anilines is 1. The van der Waals surface area contributed by atoms with Gasteiger partial charge in [-0.05, 0) is 73.4 Å². The number of allylic oxidation sites excluding steroid dienone is 1. The van der Waals surface area contributed by atoms with Gasteiger partial charge in [0.2, 0.25) is 0 Å². The van der Waals surface area contributed by atoms with Crippen molar-refractivity contribution in [2.45, 2.75) is 33.4 Å². The van der Waals surface area contributed by atoms with E-state index in [2.05, 4.69) is 0 Å². The molecule has 3 rings (SSSR count). The first kappa shape index (κ1) is 37.0. The van der Waals surface area contributed by atoms with Gasteiger partial charge >= 0.3 is 32.3 Å². The molecule has 3 aromatic rings. The Hall–Kier alpha value is -4.44. The van der Waals surface area contributed by atoms with Crippen molar-refractivity contribution < 1.29 is 57.4 Å². The average molecular weight is 702 g/mol. The van der Waals surface area contributed by atoms with Crippen molar-refractivity contribution in [1.82, 2.24) is 0 Å². The number of carbonyl (C=O) groups excluding carboxylic acids is 1. The summed E-state index contributed by atoms with van der Waals surface area (Å²) in [5, 5.41) is 1.86. The van der Waals surface area contributed by atoms with E-state index < -0.39 is 32.3 Å².